The molecular weight excluding hydrogens is 299 g/mol. The predicted octanol–water partition coefficient (Wildman–Crippen LogP) is 3.09. The van der Waals surface area contributed by atoms with Gasteiger partial charge >= 0.3 is 0 Å². The molecule has 0 amide bonds. The molecule has 0 saturated carbocycles. The predicted molar refractivity (Wildman–Crippen MR) is 63.8 cm³/mol. The standard InChI is InChI=1S/C14H9N2.Rh/c1-2-6-11(7-3-1)14-15-10-12-8-4-5-9-13(12)16-14;/h1-6,8-10H;/q-1;. The zero-order chi connectivity index (χ0) is 10.8. The Hall–Kier alpha value is -1.60. The van der Waals surface area contributed by atoms with E-state index in [1.807, 2.05) is 54.7 Å². The quantitative estimate of drug-likeness (QED) is 0.510. The molecule has 85 valence electrons. The maximum atomic E-state index is 4.50. The summed E-state index contributed by atoms with van der Waals surface area (Å²) in [5.41, 5.74) is 1.89. The van der Waals surface area contributed by atoms with Crippen molar-refractivity contribution in [3.8, 4) is 11.4 Å². The summed E-state index contributed by atoms with van der Waals surface area (Å²) in [7, 11) is 0. The SMILES string of the molecule is [Rh].[c-]1ccccc1-c1ncc2ccccc2n1. The van der Waals surface area contributed by atoms with E-state index in [1.165, 1.54) is 0 Å². The third kappa shape index (κ3) is 2.40. The summed E-state index contributed by atoms with van der Waals surface area (Å²) in [6, 6.07) is 18.8. The van der Waals surface area contributed by atoms with Crippen LogP contribution < -0.4 is 0 Å². The molecule has 0 N–H and O–H groups in total. The van der Waals surface area contributed by atoms with Crippen LogP contribution in [0.4, 0.5) is 0 Å². The summed E-state index contributed by atoms with van der Waals surface area (Å²) in [6.45, 7) is 0. The van der Waals surface area contributed by atoms with Gasteiger partial charge in [0.1, 0.15) is 0 Å². The van der Waals surface area contributed by atoms with E-state index < -0.39 is 0 Å². The summed E-state index contributed by atoms with van der Waals surface area (Å²) in [5.74, 6) is 0.722. The molecule has 1 radical (unpaired) electrons. The molecule has 0 unspecified atom stereocenters. The van der Waals surface area contributed by atoms with Crippen LogP contribution in [-0.2, 0) is 19.5 Å². The van der Waals surface area contributed by atoms with E-state index in [-0.39, 0.29) is 19.5 Å². The number of hydrogen-bond donors (Lipinski definition) is 0. The third-order valence-electron chi connectivity index (χ3n) is 2.44. The Balaban J connectivity index is 0.00000108. The van der Waals surface area contributed by atoms with E-state index in [0.29, 0.717) is 0 Å². The summed E-state index contributed by atoms with van der Waals surface area (Å²) in [5, 5.41) is 1.06. The fourth-order valence-electron chi connectivity index (χ4n) is 1.63. The van der Waals surface area contributed by atoms with Gasteiger partial charge in [0.25, 0.3) is 0 Å². The normalized spacial score (nSPS) is 9.88. The molecule has 1 heterocycles. The van der Waals surface area contributed by atoms with Crippen molar-refractivity contribution in [2.24, 2.45) is 0 Å². The molecule has 3 aromatic rings. The first kappa shape index (κ1) is 11.9. The summed E-state index contributed by atoms with van der Waals surface area (Å²) in [4.78, 5) is 8.84. The van der Waals surface area contributed by atoms with E-state index in [1.54, 1.807) is 0 Å². The second-order valence-corrected chi connectivity index (χ2v) is 3.53. The van der Waals surface area contributed by atoms with Gasteiger partial charge in [-0.3, -0.25) is 9.97 Å². The Morgan fingerprint density at radius 3 is 2.59 bits per heavy atom. The molecule has 0 aliphatic carbocycles. The van der Waals surface area contributed by atoms with Crippen LogP contribution in [0.2, 0.25) is 0 Å². The van der Waals surface area contributed by atoms with Gasteiger partial charge in [-0.15, -0.1) is 35.9 Å². The van der Waals surface area contributed by atoms with Crippen molar-refractivity contribution < 1.29 is 19.5 Å². The first-order chi connectivity index (χ1) is 7.93. The second kappa shape index (κ2) is 5.16. The van der Waals surface area contributed by atoms with Crippen molar-refractivity contribution in [1.82, 2.24) is 9.97 Å². The molecule has 0 aliphatic heterocycles. The molecule has 3 heteroatoms. The smallest absolute Gasteiger partial charge is 0.0755 e. The van der Waals surface area contributed by atoms with Crippen LogP contribution in [0, 0.1) is 6.07 Å². The van der Waals surface area contributed by atoms with Crippen LogP contribution in [0.15, 0.2) is 54.7 Å². The molecule has 0 fully saturated rings. The van der Waals surface area contributed by atoms with Gasteiger partial charge in [0.05, 0.1) is 11.3 Å². The number of fused-ring (bicyclic) bond motifs is 1. The number of hydrogen-bond acceptors (Lipinski definition) is 2. The van der Waals surface area contributed by atoms with Gasteiger partial charge in [-0.2, -0.15) is 0 Å². The number of aromatic nitrogens is 2. The monoisotopic (exact) mass is 308 g/mol. The van der Waals surface area contributed by atoms with E-state index in [2.05, 4.69) is 16.0 Å². The van der Waals surface area contributed by atoms with Gasteiger partial charge in [-0.05, 0) is 6.07 Å². The Labute approximate surface area is 112 Å². The minimum Gasteiger partial charge on any atom is -0.285 e. The molecule has 1 aromatic heterocycles. The summed E-state index contributed by atoms with van der Waals surface area (Å²) < 4.78 is 0. The molecule has 17 heavy (non-hydrogen) atoms. The minimum atomic E-state index is 0. The van der Waals surface area contributed by atoms with E-state index in [4.69, 9.17) is 0 Å². The maximum absolute atomic E-state index is 4.50. The number of nitrogens with zero attached hydrogens (tertiary/aromatic N) is 2. The van der Waals surface area contributed by atoms with Crippen LogP contribution in [0.25, 0.3) is 22.3 Å². The van der Waals surface area contributed by atoms with Gasteiger partial charge in [0.2, 0.25) is 0 Å². The van der Waals surface area contributed by atoms with Gasteiger partial charge in [-0.25, -0.2) is 0 Å². The van der Waals surface area contributed by atoms with Crippen molar-refractivity contribution in [3.63, 3.8) is 0 Å². The molecule has 0 spiro atoms. The fraction of sp³-hybridized carbons (Fsp3) is 0. The molecule has 0 aliphatic rings. The summed E-state index contributed by atoms with van der Waals surface area (Å²) in [6.07, 6.45) is 1.85. The minimum absolute atomic E-state index is 0. The van der Waals surface area contributed by atoms with Crippen LogP contribution in [-0.4, -0.2) is 9.97 Å². The van der Waals surface area contributed by atoms with Gasteiger partial charge in [0.15, 0.2) is 0 Å². The zero-order valence-corrected chi connectivity index (χ0v) is 10.6. The topological polar surface area (TPSA) is 25.8 Å². The van der Waals surface area contributed by atoms with Crippen molar-refractivity contribution >= 4 is 10.9 Å². The molecule has 0 saturated heterocycles. The average molecular weight is 308 g/mol. The van der Waals surface area contributed by atoms with Crippen LogP contribution in [0.3, 0.4) is 0 Å². The van der Waals surface area contributed by atoms with Crippen molar-refractivity contribution in [2.45, 2.75) is 0 Å². The van der Waals surface area contributed by atoms with E-state index >= 15 is 0 Å². The molecule has 0 atom stereocenters. The second-order valence-electron chi connectivity index (χ2n) is 3.53. The molecular formula is C14H9N2Rh-. The van der Waals surface area contributed by atoms with Crippen LogP contribution >= 0.6 is 0 Å². The third-order valence-corrected chi connectivity index (χ3v) is 2.44. The van der Waals surface area contributed by atoms with E-state index in [9.17, 15) is 0 Å². The Kier molecular flexibility index (Phi) is 3.60. The largest absolute Gasteiger partial charge is 0.285 e. The van der Waals surface area contributed by atoms with Crippen LogP contribution in [0.5, 0.6) is 0 Å². The van der Waals surface area contributed by atoms with Gasteiger partial charge in [-0.1, -0.05) is 18.2 Å². The molecule has 0 bridgehead atoms. The molecule has 2 aromatic carbocycles. The molecule has 2 nitrogen and oxygen atoms in total. The van der Waals surface area contributed by atoms with Gasteiger partial charge in [0, 0.05) is 31.1 Å². The fourth-order valence-corrected chi connectivity index (χ4v) is 1.63. The Morgan fingerprint density at radius 1 is 0.941 bits per heavy atom. The first-order valence-corrected chi connectivity index (χ1v) is 5.12. The Morgan fingerprint density at radius 2 is 1.76 bits per heavy atom. The zero-order valence-electron chi connectivity index (χ0n) is 8.92. The van der Waals surface area contributed by atoms with Gasteiger partial charge < -0.3 is 0 Å². The van der Waals surface area contributed by atoms with E-state index in [0.717, 1.165) is 22.3 Å². The van der Waals surface area contributed by atoms with Crippen molar-refractivity contribution in [1.29, 1.82) is 0 Å². The number of rotatable bonds is 1. The molecule has 3 rings (SSSR count). The number of benzene rings is 2. The van der Waals surface area contributed by atoms with Crippen molar-refractivity contribution in [3.05, 3.63) is 60.8 Å². The van der Waals surface area contributed by atoms with Crippen LogP contribution in [0.1, 0.15) is 0 Å². The van der Waals surface area contributed by atoms with Crippen molar-refractivity contribution in [2.75, 3.05) is 0 Å². The average Bonchev–Trinajstić information content (AvgIpc) is 2.39. The Bertz CT molecular complexity index is 623. The summed E-state index contributed by atoms with van der Waals surface area (Å²) >= 11 is 0. The first-order valence-electron chi connectivity index (χ1n) is 5.12. The number of para-hydroxylation sites is 1. The maximum Gasteiger partial charge on any atom is 0.0755 e.